The van der Waals surface area contributed by atoms with E-state index in [2.05, 4.69) is 27.5 Å². The Bertz CT molecular complexity index is 442. The molecule has 1 aliphatic carbocycles. The molecule has 19 heavy (non-hydrogen) atoms. The fourth-order valence-electron chi connectivity index (χ4n) is 2.52. The third kappa shape index (κ3) is 3.92. The summed E-state index contributed by atoms with van der Waals surface area (Å²) in [6, 6.07) is 3.07. The van der Waals surface area contributed by atoms with Crippen molar-refractivity contribution >= 4 is 27.7 Å². The molecule has 1 nitrogen and oxygen atoms in total. The molecule has 2 unspecified atom stereocenters. The van der Waals surface area contributed by atoms with E-state index in [1.54, 1.807) is 0 Å². The Kier molecular flexibility index (Phi) is 5.66. The molecule has 0 aliphatic heterocycles. The summed E-state index contributed by atoms with van der Waals surface area (Å²) in [6.45, 7) is 0.253. The van der Waals surface area contributed by atoms with E-state index >= 15 is 0 Å². The molecule has 106 valence electrons. The molecule has 0 radical (unpaired) electrons. The maximum Gasteiger partial charge on any atom is 0.144 e. The molecule has 2 rings (SSSR count). The molecule has 0 saturated heterocycles. The molecular formula is C14H18BrF2NS. The van der Waals surface area contributed by atoms with Gasteiger partial charge in [0.15, 0.2) is 0 Å². The van der Waals surface area contributed by atoms with Crippen molar-refractivity contribution in [3.05, 3.63) is 33.8 Å². The zero-order valence-corrected chi connectivity index (χ0v) is 13.3. The van der Waals surface area contributed by atoms with Crippen LogP contribution in [0.25, 0.3) is 0 Å². The fourth-order valence-corrected chi connectivity index (χ4v) is 3.72. The maximum absolute atomic E-state index is 13.8. The van der Waals surface area contributed by atoms with Crippen molar-refractivity contribution in [3.63, 3.8) is 0 Å². The number of rotatable bonds is 4. The Morgan fingerprint density at radius 1 is 1.37 bits per heavy atom. The summed E-state index contributed by atoms with van der Waals surface area (Å²) in [5, 5.41) is 3.97. The van der Waals surface area contributed by atoms with Crippen LogP contribution in [-0.2, 0) is 6.54 Å². The zero-order chi connectivity index (χ0) is 13.8. The number of hydrogen-bond donors (Lipinski definition) is 1. The normalized spacial score (nSPS) is 23.6. The van der Waals surface area contributed by atoms with Crippen LogP contribution in [0, 0.1) is 11.6 Å². The highest BCUT2D eigenvalue weighted by Gasteiger charge is 2.21. The standard InChI is InChI=1S/C14H18BrF2NS/c1-19-10-4-2-3-9(7-10)18-8-11-13(16)6-5-12(15)14(11)17/h5-6,9-10,18H,2-4,7-8H2,1H3. The topological polar surface area (TPSA) is 12.0 Å². The van der Waals surface area contributed by atoms with Crippen molar-refractivity contribution < 1.29 is 8.78 Å². The van der Waals surface area contributed by atoms with Crippen molar-refractivity contribution in [2.24, 2.45) is 0 Å². The molecule has 1 saturated carbocycles. The van der Waals surface area contributed by atoms with Gasteiger partial charge in [0.05, 0.1) is 4.47 Å². The molecule has 2 atom stereocenters. The molecule has 0 heterocycles. The second kappa shape index (κ2) is 7.04. The molecule has 5 heteroatoms. The van der Waals surface area contributed by atoms with E-state index < -0.39 is 11.6 Å². The minimum atomic E-state index is -0.496. The minimum Gasteiger partial charge on any atom is -0.310 e. The Morgan fingerprint density at radius 2 is 2.16 bits per heavy atom. The third-order valence-electron chi connectivity index (χ3n) is 3.67. The number of halogens is 3. The number of benzene rings is 1. The first-order valence-electron chi connectivity index (χ1n) is 6.50. The SMILES string of the molecule is CSC1CCCC(NCc2c(F)ccc(Br)c2F)C1. The lowest BCUT2D eigenvalue weighted by Crippen LogP contribution is -2.35. The van der Waals surface area contributed by atoms with Crippen LogP contribution in [0.1, 0.15) is 31.2 Å². The van der Waals surface area contributed by atoms with E-state index in [0.717, 1.165) is 12.8 Å². The summed E-state index contributed by atoms with van der Waals surface area (Å²) >= 11 is 4.98. The van der Waals surface area contributed by atoms with Crippen LogP contribution in [0.4, 0.5) is 8.78 Å². The molecule has 1 aromatic carbocycles. The molecule has 1 N–H and O–H groups in total. The quantitative estimate of drug-likeness (QED) is 0.803. The Hall–Kier alpha value is -0.130. The van der Waals surface area contributed by atoms with Crippen molar-refractivity contribution in [3.8, 4) is 0 Å². The van der Waals surface area contributed by atoms with Gasteiger partial charge in [-0.3, -0.25) is 0 Å². The Balaban J connectivity index is 1.97. The molecular weight excluding hydrogens is 332 g/mol. The molecule has 0 amide bonds. The summed E-state index contributed by atoms with van der Waals surface area (Å²) in [4.78, 5) is 0. The largest absolute Gasteiger partial charge is 0.310 e. The van der Waals surface area contributed by atoms with Crippen LogP contribution < -0.4 is 5.32 Å². The van der Waals surface area contributed by atoms with Crippen LogP contribution in [0.15, 0.2) is 16.6 Å². The molecule has 1 aromatic rings. The van der Waals surface area contributed by atoms with Gasteiger partial charge in [0, 0.05) is 23.4 Å². The lowest BCUT2D eigenvalue weighted by atomic mass is 9.95. The summed E-state index contributed by atoms with van der Waals surface area (Å²) < 4.78 is 27.8. The van der Waals surface area contributed by atoms with E-state index in [4.69, 9.17) is 0 Å². The molecule has 1 fully saturated rings. The predicted octanol–water partition coefficient (Wildman–Crippen LogP) is 4.49. The van der Waals surface area contributed by atoms with E-state index in [0.29, 0.717) is 15.8 Å². The van der Waals surface area contributed by atoms with Gasteiger partial charge in [-0.1, -0.05) is 6.42 Å². The average molecular weight is 350 g/mol. The first-order valence-corrected chi connectivity index (χ1v) is 8.58. The highest BCUT2D eigenvalue weighted by Crippen LogP contribution is 2.27. The lowest BCUT2D eigenvalue weighted by molar-refractivity contribution is 0.374. The maximum atomic E-state index is 13.8. The second-order valence-corrected chi connectivity index (χ2v) is 6.92. The first-order chi connectivity index (χ1) is 9.11. The van der Waals surface area contributed by atoms with E-state index in [9.17, 15) is 8.78 Å². The van der Waals surface area contributed by atoms with E-state index in [1.807, 2.05) is 11.8 Å². The van der Waals surface area contributed by atoms with Gasteiger partial charge in [0.2, 0.25) is 0 Å². The average Bonchev–Trinajstić information content (AvgIpc) is 2.43. The van der Waals surface area contributed by atoms with Crippen LogP contribution in [-0.4, -0.2) is 17.5 Å². The molecule has 0 bridgehead atoms. The summed E-state index contributed by atoms with van der Waals surface area (Å²) in [7, 11) is 0. The molecule has 0 aromatic heterocycles. The van der Waals surface area contributed by atoms with Crippen LogP contribution >= 0.6 is 27.7 Å². The first kappa shape index (κ1) is 15.3. The van der Waals surface area contributed by atoms with E-state index in [-0.39, 0.29) is 12.1 Å². The van der Waals surface area contributed by atoms with Gasteiger partial charge in [0.25, 0.3) is 0 Å². The van der Waals surface area contributed by atoms with Gasteiger partial charge in [-0.15, -0.1) is 0 Å². The summed E-state index contributed by atoms with van der Waals surface area (Å²) in [6.07, 6.45) is 6.74. The monoisotopic (exact) mass is 349 g/mol. The highest BCUT2D eigenvalue weighted by atomic mass is 79.9. The van der Waals surface area contributed by atoms with Crippen molar-refractivity contribution in [1.29, 1.82) is 0 Å². The van der Waals surface area contributed by atoms with Gasteiger partial charge in [-0.2, -0.15) is 11.8 Å². The fraction of sp³-hybridized carbons (Fsp3) is 0.571. The van der Waals surface area contributed by atoms with Crippen LogP contribution in [0.3, 0.4) is 0 Å². The van der Waals surface area contributed by atoms with Crippen LogP contribution in [0.5, 0.6) is 0 Å². The van der Waals surface area contributed by atoms with Gasteiger partial charge < -0.3 is 5.32 Å². The Morgan fingerprint density at radius 3 is 2.89 bits per heavy atom. The third-order valence-corrected chi connectivity index (χ3v) is 5.37. The van der Waals surface area contributed by atoms with Crippen molar-refractivity contribution in [2.45, 2.75) is 43.5 Å². The van der Waals surface area contributed by atoms with E-state index in [1.165, 1.54) is 25.0 Å². The number of nitrogens with one attached hydrogen (secondary N) is 1. The smallest absolute Gasteiger partial charge is 0.144 e. The Labute approximate surface area is 125 Å². The summed E-state index contributed by atoms with van der Waals surface area (Å²) in [5.74, 6) is -0.977. The predicted molar refractivity (Wildman–Crippen MR) is 80.5 cm³/mol. The summed E-state index contributed by atoms with van der Waals surface area (Å²) in [5.41, 5.74) is 0.126. The van der Waals surface area contributed by atoms with Gasteiger partial charge in [-0.25, -0.2) is 8.78 Å². The van der Waals surface area contributed by atoms with Gasteiger partial charge in [0.1, 0.15) is 11.6 Å². The van der Waals surface area contributed by atoms with Crippen molar-refractivity contribution in [2.75, 3.05) is 6.26 Å². The van der Waals surface area contributed by atoms with Crippen molar-refractivity contribution in [1.82, 2.24) is 5.32 Å². The number of thioether (sulfide) groups is 1. The molecule has 0 spiro atoms. The minimum absolute atomic E-state index is 0.126. The lowest BCUT2D eigenvalue weighted by Gasteiger charge is -2.29. The van der Waals surface area contributed by atoms with Gasteiger partial charge >= 0.3 is 0 Å². The second-order valence-electron chi connectivity index (χ2n) is 4.92. The molecule has 1 aliphatic rings. The highest BCUT2D eigenvalue weighted by molar-refractivity contribution is 9.10. The zero-order valence-electron chi connectivity index (χ0n) is 10.9. The van der Waals surface area contributed by atoms with Gasteiger partial charge in [-0.05, 0) is 53.6 Å². The number of hydrogen-bond acceptors (Lipinski definition) is 2. The van der Waals surface area contributed by atoms with Crippen LogP contribution in [0.2, 0.25) is 0 Å².